The number of hydrogen-bond acceptors (Lipinski definition) is 6. The van der Waals surface area contributed by atoms with Crippen LogP contribution in [0.4, 0.5) is 0 Å². The summed E-state index contributed by atoms with van der Waals surface area (Å²) in [6.45, 7) is 1.16. The van der Waals surface area contributed by atoms with Crippen LogP contribution in [0.25, 0.3) is 11.5 Å². The molecule has 7 nitrogen and oxygen atoms in total. The molecular formula is C13H14N2O5. The Labute approximate surface area is 115 Å². The van der Waals surface area contributed by atoms with E-state index in [0.717, 1.165) is 0 Å². The summed E-state index contributed by atoms with van der Waals surface area (Å²) in [4.78, 5) is 10.7. The molecule has 2 rings (SSSR count). The molecule has 0 saturated heterocycles. The van der Waals surface area contributed by atoms with Gasteiger partial charge in [-0.2, -0.15) is 0 Å². The number of aromatic carboxylic acids is 1. The fourth-order valence-electron chi connectivity index (χ4n) is 1.49. The van der Waals surface area contributed by atoms with Crippen molar-refractivity contribution in [1.82, 2.24) is 10.2 Å². The summed E-state index contributed by atoms with van der Waals surface area (Å²) in [6.07, 6.45) is 0. The summed E-state index contributed by atoms with van der Waals surface area (Å²) in [5.74, 6) is -0.292. The highest BCUT2D eigenvalue weighted by Crippen LogP contribution is 2.18. The van der Waals surface area contributed by atoms with Crippen molar-refractivity contribution in [3.8, 4) is 11.5 Å². The molecule has 0 amide bonds. The standard InChI is InChI=1S/C13H14N2O5/c1-18-6-7-19-8-11-14-15-12(20-11)9-2-4-10(5-3-9)13(16)17/h2-5H,6-8H2,1H3,(H,16,17). The molecule has 0 bridgehead atoms. The minimum Gasteiger partial charge on any atom is -0.478 e. The van der Waals surface area contributed by atoms with Gasteiger partial charge in [-0.25, -0.2) is 4.79 Å². The average molecular weight is 278 g/mol. The van der Waals surface area contributed by atoms with E-state index in [2.05, 4.69) is 10.2 Å². The largest absolute Gasteiger partial charge is 0.478 e. The van der Waals surface area contributed by atoms with E-state index >= 15 is 0 Å². The first-order valence-electron chi connectivity index (χ1n) is 5.93. The molecule has 0 fully saturated rings. The number of ether oxygens (including phenoxy) is 2. The van der Waals surface area contributed by atoms with Gasteiger partial charge in [0.25, 0.3) is 0 Å². The first-order chi connectivity index (χ1) is 9.70. The number of nitrogens with zero attached hydrogens (tertiary/aromatic N) is 2. The Morgan fingerprint density at radius 3 is 2.65 bits per heavy atom. The smallest absolute Gasteiger partial charge is 0.335 e. The van der Waals surface area contributed by atoms with Crippen molar-refractivity contribution in [3.05, 3.63) is 35.7 Å². The van der Waals surface area contributed by atoms with Crippen molar-refractivity contribution in [2.24, 2.45) is 0 Å². The summed E-state index contributed by atoms with van der Waals surface area (Å²) >= 11 is 0. The van der Waals surface area contributed by atoms with Gasteiger partial charge in [0, 0.05) is 12.7 Å². The highest BCUT2D eigenvalue weighted by molar-refractivity contribution is 5.88. The van der Waals surface area contributed by atoms with Crippen molar-refractivity contribution in [2.45, 2.75) is 6.61 Å². The lowest BCUT2D eigenvalue weighted by atomic mass is 10.1. The summed E-state index contributed by atoms with van der Waals surface area (Å²) in [7, 11) is 1.59. The second-order valence-electron chi connectivity index (χ2n) is 3.93. The van der Waals surface area contributed by atoms with Crippen LogP contribution in [-0.4, -0.2) is 41.6 Å². The molecule has 2 aromatic rings. The maximum absolute atomic E-state index is 10.7. The highest BCUT2D eigenvalue weighted by Gasteiger charge is 2.09. The van der Waals surface area contributed by atoms with Crippen LogP contribution >= 0.6 is 0 Å². The summed E-state index contributed by atoms with van der Waals surface area (Å²) in [6, 6.07) is 6.20. The van der Waals surface area contributed by atoms with Crippen LogP contribution in [0.15, 0.2) is 28.7 Å². The van der Waals surface area contributed by atoms with Gasteiger partial charge in [-0.1, -0.05) is 0 Å². The molecule has 1 N–H and O–H groups in total. The summed E-state index contributed by atoms with van der Waals surface area (Å²) in [5.41, 5.74) is 0.863. The normalized spacial score (nSPS) is 10.7. The Kier molecular flexibility index (Phi) is 4.80. The van der Waals surface area contributed by atoms with Crippen molar-refractivity contribution in [1.29, 1.82) is 0 Å². The molecule has 0 aliphatic carbocycles. The van der Waals surface area contributed by atoms with Gasteiger partial charge in [-0.15, -0.1) is 10.2 Å². The third-order valence-electron chi connectivity index (χ3n) is 2.50. The van der Waals surface area contributed by atoms with E-state index in [0.29, 0.717) is 30.6 Å². The second kappa shape index (κ2) is 6.78. The maximum atomic E-state index is 10.7. The van der Waals surface area contributed by atoms with E-state index < -0.39 is 5.97 Å². The van der Waals surface area contributed by atoms with Crippen LogP contribution in [0.2, 0.25) is 0 Å². The zero-order valence-electron chi connectivity index (χ0n) is 10.9. The fraction of sp³-hybridized carbons (Fsp3) is 0.308. The highest BCUT2D eigenvalue weighted by atomic mass is 16.5. The molecule has 0 radical (unpaired) electrons. The molecule has 7 heteroatoms. The van der Waals surface area contributed by atoms with E-state index in [4.69, 9.17) is 19.0 Å². The molecule has 0 atom stereocenters. The number of hydrogen-bond donors (Lipinski definition) is 1. The van der Waals surface area contributed by atoms with Gasteiger partial charge in [-0.3, -0.25) is 0 Å². The number of carboxylic acid groups (broad SMARTS) is 1. The van der Waals surface area contributed by atoms with E-state index in [1.54, 1.807) is 19.2 Å². The first kappa shape index (κ1) is 14.2. The molecular weight excluding hydrogens is 264 g/mol. The quantitative estimate of drug-likeness (QED) is 0.768. The van der Waals surface area contributed by atoms with Crippen LogP contribution in [0.3, 0.4) is 0 Å². The lowest BCUT2D eigenvalue weighted by Gasteiger charge is -1.99. The second-order valence-corrected chi connectivity index (χ2v) is 3.93. The minimum absolute atomic E-state index is 0.205. The van der Waals surface area contributed by atoms with Crippen molar-refractivity contribution in [2.75, 3.05) is 20.3 Å². The van der Waals surface area contributed by atoms with E-state index in [1.807, 2.05) is 0 Å². The summed E-state index contributed by atoms with van der Waals surface area (Å²) < 4.78 is 15.5. The van der Waals surface area contributed by atoms with Crippen molar-refractivity contribution < 1.29 is 23.8 Å². The first-order valence-corrected chi connectivity index (χ1v) is 5.93. The molecule has 20 heavy (non-hydrogen) atoms. The maximum Gasteiger partial charge on any atom is 0.335 e. The number of benzene rings is 1. The predicted molar refractivity (Wildman–Crippen MR) is 68.2 cm³/mol. The SMILES string of the molecule is COCCOCc1nnc(-c2ccc(C(=O)O)cc2)o1. The third kappa shape index (κ3) is 3.62. The predicted octanol–water partition coefficient (Wildman–Crippen LogP) is 1.60. The number of carbonyl (C=O) groups is 1. The topological polar surface area (TPSA) is 94.7 Å². The fourth-order valence-corrected chi connectivity index (χ4v) is 1.49. The monoisotopic (exact) mass is 278 g/mol. The average Bonchev–Trinajstić information content (AvgIpc) is 2.92. The number of methoxy groups -OCH3 is 1. The third-order valence-corrected chi connectivity index (χ3v) is 2.50. The van der Waals surface area contributed by atoms with E-state index in [-0.39, 0.29) is 12.2 Å². The summed E-state index contributed by atoms with van der Waals surface area (Å²) in [5, 5.41) is 16.5. The van der Waals surface area contributed by atoms with Crippen molar-refractivity contribution in [3.63, 3.8) is 0 Å². The molecule has 0 spiro atoms. The Morgan fingerprint density at radius 1 is 1.25 bits per heavy atom. The number of rotatable bonds is 7. The van der Waals surface area contributed by atoms with Crippen LogP contribution in [0.1, 0.15) is 16.2 Å². The Bertz CT molecular complexity index is 564. The van der Waals surface area contributed by atoms with Crippen LogP contribution in [-0.2, 0) is 16.1 Å². The van der Waals surface area contributed by atoms with Crippen LogP contribution in [0.5, 0.6) is 0 Å². The molecule has 1 aromatic heterocycles. The van der Waals surface area contributed by atoms with Gasteiger partial charge in [0.05, 0.1) is 18.8 Å². The molecule has 0 aliphatic heterocycles. The molecule has 0 saturated carbocycles. The Hall–Kier alpha value is -2.25. The van der Waals surface area contributed by atoms with Gasteiger partial charge in [0.2, 0.25) is 11.8 Å². The van der Waals surface area contributed by atoms with Crippen LogP contribution in [0, 0.1) is 0 Å². The lowest BCUT2D eigenvalue weighted by molar-refractivity contribution is 0.0519. The van der Waals surface area contributed by atoms with Crippen LogP contribution < -0.4 is 0 Å². The van der Waals surface area contributed by atoms with E-state index in [1.165, 1.54) is 12.1 Å². The van der Waals surface area contributed by atoms with Gasteiger partial charge in [0.1, 0.15) is 6.61 Å². The molecule has 0 aliphatic rings. The Balaban J connectivity index is 1.99. The zero-order valence-corrected chi connectivity index (χ0v) is 10.9. The van der Waals surface area contributed by atoms with E-state index in [9.17, 15) is 4.79 Å². The zero-order chi connectivity index (χ0) is 14.4. The molecule has 1 aromatic carbocycles. The van der Waals surface area contributed by atoms with Gasteiger partial charge in [-0.05, 0) is 24.3 Å². The molecule has 106 valence electrons. The molecule has 0 unspecified atom stereocenters. The Morgan fingerprint density at radius 2 is 2.00 bits per heavy atom. The number of carboxylic acids is 1. The molecule has 1 heterocycles. The van der Waals surface area contributed by atoms with Crippen molar-refractivity contribution >= 4 is 5.97 Å². The van der Waals surface area contributed by atoms with Gasteiger partial charge in [0.15, 0.2) is 0 Å². The van der Waals surface area contributed by atoms with Gasteiger partial charge < -0.3 is 19.0 Å². The minimum atomic E-state index is -0.977. The lowest BCUT2D eigenvalue weighted by Crippen LogP contribution is -2.01. The van der Waals surface area contributed by atoms with Gasteiger partial charge >= 0.3 is 5.97 Å². The number of aromatic nitrogens is 2.